The highest BCUT2D eigenvalue weighted by atomic mass is 32.2. The minimum Gasteiger partial charge on any atom is -0.339 e. The number of aryl methyl sites for hydroxylation is 1. The Kier molecular flexibility index (Phi) is 5.77. The Labute approximate surface area is 167 Å². The van der Waals surface area contributed by atoms with Crippen molar-refractivity contribution in [2.75, 3.05) is 5.75 Å². The van der Waals surface area contributed by atoms with Gasteiger partial charge in [-0.15, -0.1) is 10.2 Å². The largest absolute Gasteiger partial charge is 0.339 e. The van der Waals surface area contributed by atoms with Gasteiger partial charge in [0, 0.05) is 42.2 Å². The van der Waals surface area contributed by atoms with Crippen LogP contribution in [0.2, 0.25) is 0 Å². The van der Waals surface area contributed by atoms with Gasteiger partial charge in [0.05, 0.1) is 0 Å². The summed E-state index contributed by atoms with van der Waals surface area (Å²) in [6.45, 7) is 2.94. The van der Waals surface area contributed by atoms with E-state index in [2.05, 4.69) is 48.9 Å². The number of hydrogen-bond acceptors (Lipinski definition) is 7. The van der Waals surface area contributed by atoms with E-state index in [1.807, 2.05) is 30.3 Å². The molecule has 0 amide bonds. The summed E-state index contributed by atoms with van der Waals surface area (Å²) < 4.78 is 7.50. The molecular formula is C20H20N6OS. The van der Waals surface area contributed by atoms with Crippen LogP contribution in [0.3, 0.4) is 0 Å². The summed E-state index contributed by atoms with van der Waals surface area (Å²) in [5.74, 6) is 3.06. The lowest BCUT2D eigenvalue weighted by molar-refractivity contribution is 0.378. The van der Waals surface area contributed by atoms with E-state index in [0.717, 1.165) is 47.2 Å². The second-order valence-electron chi connectivity index (χ2n) is 6.12. The molecule has 0 saturated heterocycles. The van der Waals surface area contributed by atoms with Crippen LogP contribution in [0.1, 0.15) is 19.2 Å². The molecule has 0 aliphatic carbocycles. The maximum atomic E-state index is 5.35. The maximum Gasteiger partial charge on any atom is 0.226 e. The normalized spacial score (nSPS) is 11.0. The van der Waals surface area contributed by atoms with E-state index in [0.29, 0.717) is 11.7 Å². The zero-order valence-electron chi connectivity index (χ0n) is 15.5. The fourth-order valence-electron chi connectivity index (χ4n) is 2.84. The molecule has 4 aromatic rings. The third kappa shape index (κ3) is 4.12. The van der Waals surface area contributed by atoms with Gasteiger partial charge in [-0.05, 0) is 25.5 Å². The standard InChI is InChI=1S/C20H20N6OS/c1-2-26-19(16-7-4-3-5-8-16)23-24-20(26)28-14-6-9-17-22-18(25-27-17)15-10-12-21-13-11-15/h3-5,7-8,10-13H,2,6,9,14H2,1H3. The van der Waals surface area contributed by atoms with Crippen LogP contribution in [-0.2, 0) is 13.0 Å². The molecule has 28 heavy (non-hydrogen) atoms. The van der Waals surface area contributed by atoms with Gasteiger partial charge in [-0.3, -0.25) is 4.98 Å². The Morgan fingerprint density at radius 1 is 1.00 bits per heavy atom. The molecule has 0 radical (unpaired) electrons. The van der Waals surface area contributed by atoms with Crippen molar-refractivity contribution < 1.29 is 4.52 Å². The van der Waals surface area contributed by atoms with Crippen molar-refractivity contribution in [1.29, 1.82) is 0 Å². The highest BCUT2D eigenvalue weighted by Gasteiger charge is 2.13. The number of pyridine rings is 1. The number of benzene rings is 1. The summed E-state index contributed by atoms with van der Waals surface area (Å²) in [4.78, 5) is 8.45. The van der Waals surface area contributed by atoms with Gasteiger partial charge in [0.1, 0.15) is 0 Å². The Balaban J connectivity index is 1.34. The lowest BCUT2D eigenvalue weighted by atomic mass is 10.2. The van der Waals surface area contributed by atoms with Crippen LogP contribution in [0, 0.1) is 0 Å². The van der Waals surface area contributed by atoms with Crippen molar-refractivity contribution in [3.8, 4) is 22.8 Å². The van der Waals surface area contributed by atoms with Crippen LogP contribution in [0.5, 0.6) is 0 Å². The second-order valence-corrected chi connectivity index (χ2v) is 7.18. The van der Waals surface area contributed by atoms with E-state index in [1.54, 1.807) is 24.2 Å². The number of thioether (sulfide) groups is 1. The molecule has 0 saturated carbocycles. The molecule has 0 bridgehead atoms. The molecule has 0 aliphatic heterocycles. The topological polar surface area (TPSA) is 82.5 Å². The molecule has 4 rings (SSSR count). The van der Waals surface area contributed by atoms with Gasteiger partial charge in [0.15, 0.2) is 11.0 Å². The molecule has 3 aromatic heterocycles. The first-order valence-corrected chi connectivity index (χ1v) is 10.2. The van der Waals surface area contributed by atoms with Crippen molar-refractivity contribution in [2.45, 2.75) is 31.5 Å². The number of hydrogen-bond donors (Lipinski definition) is 0. The molecule has 0 fully saturated rings. The highest BCUT2D eigenvalue weighted by molar-refractivity contribution is 7.99. The minimum absolute atomic E-state index is 0.600. The van der Waals surface area contributed by atoms with E-state index in [9.17, 15) is 0 Å². The first kappa shape index (κ1) is 18.4. The zero-order chi connectivity index (χ0) is 19.2. The Hall–Kier alpha value is -3.00. The highest BCUT2D eigenvalue weighted by Crippen LogP contribution is 2.24. The van der Waals surface area contributed by atoms with Gasteiger partial charge >= 0.3 is 0 Å². The second kappa shape index (κ2) is 8.79. The van der Waals surface area contributed by atoms with Crippen LogP contribution in [-0.4, -0.2) is 35.6 Å². The average Bonchev–Trinajstić information content (AvgIpc) is 3.39. The fourth-order valence-corrected chi connectivity index (χ4v) is 3.78. The summed E-state index contributed by atoms with van der Waals surface area (Å²) in [6.07, 6.45) is 5.09. The molecule has 8 heteroatoms. The number of nitrogens with zero attached hydrogens (tertiary/aromatic N) is 6. The maximum absolute atomic E-state index is 5.35. The molecular weight excluding hydrogens is 372 g/mol. The Morgan fingerprint density at radius 3 is 2.61 bits per heavy atom. The first-order valence-electron chi connectivity index (χ1n) is 9.19. The van der Waals surface area contributed by atoms with Gasteiger partial charge in [-0.2, -0.15) is 4.98 Å². The quantitative estimate of drug-likeness (QED) is 0.329. The van der Waals surface area contributed by atoms with Crippen molar-refractivity contribution in [3.63, 3.8) is 0 Å². The Morgan fingerprint density at radius 2 is 1.82 bits per heavy atom. The van der Waals surface area contributed by atoms with Crippen molar-refractivity contribution in [1.82, 2.24) is 29.9 Å². The van der Waals surface area contributed by atoms with Crippen LogP contribution in [0.15, 0.2) is 64.5 Å². The lowest BCUT2D eigenvalue weighted by Crippen LogP contribution is -2.00. The van der Waals surface area contributed by atoms with E-state index in [4.69, 9.17) is 4.52 Å². The number of aromatic nitrogens is 6. The SMILES string of the molecule is CCn1c(SCCCc2nc(-c3ccncc3)no2)nnc1-c1ccccc1. The number of rotatable bonds is 8. The Bertz CT molecular complexity index is 1020. The van der Waals surface area contributed by atoms with Crippen molar-refractivity contribution >= 4 is 11.8 Å². The predicted octanol–water partition coefficient (Wildman–Crippen LogP) is 4.13. The van der Waals surface area contributed by atoms with Crippen LogP contribution in [0.4, 0.5) is 0 Å². The van der Waals surface area contributed by atoms with E-state index in [1.165, 1.54) is 0 Å². The minimum atomic E-state index is 0.600. The van der Waals surface area contributed by atoms with Crippen LogP contribution in [0.25, 0.3) is 22.8 Å². The summed E-state index contributed by atoms with van der Waals surface area (Å²) in [5, 5.41) is 13.7. The third-order valence-electron chi connectivity index (χ3n) is 4.24. The molecule has 142 valence electrons. The van der Waals surface area contributed by atoms with Crippen LogP contribution >= 0.6 is 11.8 Å². The summed E-state index contributed by atoms with van der Waals surface area (Å²) in [7, 11) is 0. The predicted molar refractivity (Wildman–Crippen MR) is 108 cm³/mol. The molecule has 0 aliphatic rings. The van der Waals surface area contributed by atoms with Crippen molar-refractivity contribution in [2.24, 2.45) is 0 Å². The summed E-state index contributed by atoms with van der Waals surface area (Å²) in [5.41, 5.74) is 1.99. The lowest BCUT2D eigenvalue weighted by Gasteiger charge is -2.06. The average molecular weight is 392 g/mol. The third-order valence-corrected chi connectivity index (χ3v) is 5.29. The van der Waals surface area contributed by atoms with Gasteiger partial charge in [0.25, 0.3) is 0 Å². The van der Waals surface area contributed by atoms with E-state index in [-0.39, 0.29) is 0 Å². The van der Waals surface area contributed by atoms with E-state index < -0.39 is 0 Å². The molecule has 3 heterocycles. The molecule has 0 atom stereocenters. The fraction of sp³-hybridized carbons (Fsp3) is 0.250. The molecule has 1 aromatic carbocycles. The summed E-state index contributed by atoms with van der Waals surface area (Å²) in [6, 6.07) is 13.9. The van der Waals surface area contributed by atoms with Crippen molar-refractivity contribution in [3.05, 3.63) is 60.7 Å². The van der Waals surface area contributed by atoms with Gasteiger partial charge in [-0.1, -0.05) is 47.3 Å². The smallest absolute Gasteiger partial charge is 0.226 e. The molecule has 0 N–H and O–H groups in total. The zero-order valence-corrected chi connectivity index (χ0v) is 16.3. The van der Waals surface area contributed by atoms with Gasteiger partial charge < -0.3 is 9.09 Å². The molecule has 0 spiro atoms. The summed E-state index contributed by atoms with van der Waals surface area (Å²) >= 11 is 1.70. The van der Waals surface area contributed by atoms with E-state index >= 15 is 0 Å². The van der Waals surface area contributed by atoms with Gasteiger partial charge in [0.2, 0.25) is 11.7 Å². The first-order chi connectivity index (χ1) is 13.8. The monoisotopic (exact) mass is 392 g/mol. The van der Waals surface area contributed by atoms with Gasteiger partial charge in [-0.25, -0.2) is 0 Å². The van der Waals surface area contributed by atoms with Crippen LogP contribution < -0.4 is 0 Å². The molecule has 7 nitrogen and oxygen atoms in total. The molecule has 0 unspecified atom stereocenters.